The summed E-state index contributed by atoms with van der Waals surface area (Å²) in [6.07, 6.45) is 44.2. The van der Waals surface area contributed by atoms with Gasteiger partial charge in [-0.15, -0.1) is 0 Å². The Morgan fingerprint density at radius 2 is 1.37 bits per heavy atom. The van der Waals surface area contributed by atoms with Crippen LogP contribution in [0.25, 0.3) is 0 Å². The first-order valence-electron chi connectivity index (χ1n) is 19.0. The number of fused-ring (bicyclic) bond motifs is 2. The van der Waals surface area contributed by atoms with E-state index in [1.165, 1.54) is 63.4 Å². The van der Waals surface area contributed by atoms with Crippen LogP contribution in [0, 0.1) is 111 Å². The third-order valence-electron chi connectivity index (χ3n) is 14.3. The van der Waals surface area contributed by atoms with Gasteiger partial charge in [-0.2, -0.15) is 24.7 Å². The van der Waals surface area contributed by atoms with Crippen molar-refractivity contribution in [1.82, 2.24) is 0 Å². The van der Waals surface area contributed by atoms with Gasteiger partial charge in [0, 0.05) is 57.6 Å². The van der Waals surface area contributed by atoms with Gasteiger partial charge in [0.05, 0.1) is 0 Å². The second-order valence-corrected chi connectivity index (χ2v) is 18.1. The molecule has 0 bridgehead atoms. The molecule has 6 aliphatic rings. The second kappa shape index (κ2) is 20.9. The average molecular weight is 1030 g/mol. The Bertz CT molecular complexity index is 1200. The molecule has 2 saturated carbocycles. The molecule has 0 saturated heterocycles. The SMILES string of the molecule is CC(C)(C)C1=CC(C2(C)C=CC(C)(C)C3[CH-]CCC32)C=C1.CCC1(CC)C=CC2CC[CH-]C2C1(C)CCCC(C)C1C=CC=C1.[CH3-].[CH3-].[CH3-].[CH3-].[Hf].[Hf]. The number of rotatable bonds is 8. The Balaban J connectivity index is 0. The van der Waals surface area contributed by atoms with Crippen LogP contribution >= 0.6 is 0 Å². The maximum atomic E-state index is 2.68. The second-order valence-electron chi connectivity index (χ2n) is 18.1. The van der Waals surface area contributed by atoms with Gasteiger partial charge in [0.25, 0.3) is 0 Å². The van der Waals surface area contributed by atoms with Crippen molar-refractivity contribution in [3.8, 4) is 0 Å². The zero-order valence-corrected chi connectivity index (χ0v) is 43.1. The van der Waals surface area contributed by atoms with E-state index >= 15 is 0 Å². The van der Waals surface area contributed by atoms with E-state index in [0.717, 1.165) is 29.6 Å². The Labute approximate surface area is 359 Å². The Morgan fingerprint density at radius 3 is 1.94 bits per heavy atom. The van der Waals surface area contributed by atoms with E-state index in [0.29, 0.717) is 28.1 Å². The summed E-state index contributed by atoms with van der Waals surface area (Å²) in [4.78, 5) is 0. The number of hydrogen-bond donors (Lipinski definition) is 0. The summed E-state index contributed by atoms with van der Waals surface area (Å²) in [7, 11) is 0. The predicted molar refractivity (Wildman–Crippen MR) is 223 cm³/mol. The summed E-state index contributed by atoms with van der Waals surface area (Å²) < 4.78 is 0. The molecule has 6 rings (SSSR count). The van der Waals surface area contributed by atoms with Gasteiger partial charge in [0.15, 0.2) is 0 Å². The Morgan fingerprint density at radius 1 is 0.784 bits per heavy atom. The van der Waals surface area contributed by atoms with E-state index in [1.807, 2.05) is 0 Å². The summed E-state index contributed by atoms with van der Waals surface area (Å²) in [5, 5.41) is 0. The van der Waals surface area contributed by atoms with Gasteiger partial charge >= 0.3 is 0 Å². The molecule has 8 unspecified atom stereocenters. The molecule has 0 aromatic heterocycles. The van der Waals surface area contributed by atoms with Gasteiger partial charge in [-0.25, -0.2) is 0 Å². The van der Waals surface area contributed by atoms with Crippen molar-refractivity contribution < 1.29 is 51.7 Å². The van der Waals surface area contributed by atoms with E-state index in [2.05, 4.69) is 149 Å². The minimum atomic E-state index is 0. The van der Waals surface area contributed by atoms with E-state index in [4.69, 9.17) is 0 Å². The van der Waals surface area contributed by atoms with Crippen molar-refractivity contribution in [1.29, 1.82) is 0 Å². The van der Waals surface area contributed by atoms with Crippen molar-refractivity contribution in [3.63, 3.8) is 0 Å². The molecule has 6 aliphatic carbocycles. The fraction of sp³-hybridized carbons (Fsp3) is 0.633. The summed E-state index contributed by atoms with van der Waals surface area (Å²) >= 11 is 0. The van der Waals surface area contributed by atoms with Crippen molar-refractivity contribution >= 4 is 0 Å². The van der Waals surface area contributed by atoms with E-state index in [9.17, 15) is 0 Å². The van der Waals surface area contributed by atoms with Crippen molar-refractivity contribution in [2.24, 2.45) is 68.5 Å². The van der Waals surface area contributed by atoms with Gasteiger partial charge < -0.3 is 42.5 Å². The summed E-state index contributed by atoms with van der Waals surface area (Å²) in [6, 6.07) is 0. The predicted octanol–water partition coefficient (Wildman–Crippen LogP) is 14.9. The number of hydrogen-bond acceptors (Lipinski definition) is 0. The molecule has 0 aromatic rings. The van der Waals surface area contributed by atoms with E-state index < -0.39 is 0 Å². The summed E-state index contributed by atoms with van der Waals surface area (Å²) in [5.41, 5.74) is 3.25. The standard InChI is InChI=1S/C24H37.C21H31.4CH3.2Hf/c1-5-24(6-2)18-16-21-14-9-15-22(21)23(24,4)17-10-11-19(3)20-12-7-8-13-20;1-19(2,3)15-10-11-16(14-15)21(6)13-12-20(4,5)17-8-7-9-18(17)21;;;;;;/h7-8,12-13,15-16,18-22H,5-6,9-11,14,17H2,1-4H3;8,10-14,16-18H,7,9H2,1-6H3;4*1H3;;/q6*-1;;. The fourth-order valence-electron chi connectivity index (χ4n) is 10.8. The zero-order chi connectivity index (χ0) is 32.7. The van der Waals surface area contributed by atoms with Crippen molar-refractivity contribution in [2.45, 2.75) is 127 Å². The van der Waals surface area contributed by atoms with Gasteiger partial charge in [-0.1, -0.05) is 161 Å². The Kier molecular flexibility index (Phi) is 21.8. The average Bonchev–Trinajstić information content (AvgIpc) is 3.82. The third kappa shape index (κ3) is 10.5. The molecule has 0 amide bonds. The van der Waals surface area contributed by atoms with Gasteiger partial charge in [0.2, 0.25) is 0 Å². The molecule has 51 heavy (non-hydrogen) atoms. The minimum Gasteiger partial charge on any atom is -0.358 e. The molecular formula is C49H80Hf2-6. The molecule has 2 heteroatoms. The molecular weight excluding hydrogens is 946 g/mol. The summed E-state index contributed by atoms with van der Waals surface area (Å²) in [6.45, 7) is 24.2. The smallest absolute Gasteiger partial charge is 0.00460 e. The van der Waals surface area contributed by atoms with E-state index in [-0.39, 0.29) is 92.2 Å². The third-order valence-corrected chi connectivity index (χ3v) is 14.3. The normalized spacial score (nSPS) is 33.7. The first kappa shape index (κ1) is 53.3. The van der Waals surface area contributed by atoms with Gasteiger partial charge in [-0.3, -0.25) is 0 Å². The molecule has 0 nitrogen and oxygen atoms in total. The molecule has 2 fully saturated rings. The van der Waals surface area contributed by atoms with Crippen LogP contribution in [-0.4, -0.2) is 0 Å². The topological polar surface area (TPSA) is 0 Å². The van der Waals surface area contributed by atoms with Crippen LogP contribution in [0.4, 0.5) is 0 Å². The van der Waals surface area contributed by atoms with Crippen molar-refractivity contribution in [3.05, 3.63) is 115 Å². The van der Waals surface area contributed by atoms with Crippen LogP contribution in [0.2, 0.25) is 0 Å². The van der Waals surface area contributed by atoms with Crippen LogP contribution in [-0.2, 0) is 51.7 Å². The first-order chi connectivity index (χ1) is 21.2. The number of allylic oxidation sites excluding steroid dienone is 12. The molecule has 0 aliphatic heterocycles. The van der Waals surface area contributed by atoms with Gasteiger partial charge in [0.1, 0.15) is 0 Å². The fourth-order valence-corrected chi connectivity index (χ4v) is 10.8. The van der Waals surface area contributed by atoms with Crippen molar-refractivity contribution in [2.75, 3.05) is 0 Å². The van der Waals surface area contributed by atoms with Crippen LogP contribution < -0.4 is 0 Å². The maximum absolute atomic E-state index is 2.68. The first-order valence-corrected chi connectivity index (χ1v) is 19.0. The minimum absolute atomic E-state index is 0. The molecule has 0 N–H and O–H groups in total. The monoisotopic (exact) mass is 1030 g/mol. The Hall–Kier alpha value is 0.180. The molecule has 0 radical (unpaired) electrons. The molecule has 8 atom stereocenters. The quantitative estimate of drug-likeness (QED) is 0.129. The maximum Gasteiger partial charge on any atom is 0.00460 e. The van der Waals surface area contributed by atoms with Gasteiger partial charge in [-0.05, 0) is 76.1 Å². The molecule has 0 spiro atoms. The molecule has 0 heterocycles. The summed E-state index contributed by atoms with van der Waals surface area (Å²) in [5.74, 6) is 5.19. The molecule has 290 valence electrons. The van der Waals surface area contributed by atoms with Crippen LogP contribution in [0.3, 0.4) is 0 Å². The molecule has 0 aromatic carbocycles. The van der Waals surface area contributed by atoms with E-state index in [1.54, 1.807) is 0 Å². The van der Waals surface area contributed by atoms with Crippen LogP contribution in [0.1, 0.15) is 127 Å². The van der Waals surface area contributed by atoms with Crippen LogP contribution in [0.15, 0.2) is 72.4 Å². The van der Waals surface area contributed by atoms with Crippen LogP contribution in [0.5, 0.6) is 0 Å². The zero-order valence-electron chi connectivity index (χ0n) is 35.9. The largest absolute Gasteiger partial charge is 0.358 e.